The molecule has 1 saturated heterocycles. The minimum Gasteiger partial charge on any atom is -0.452 e. The van der Waals surface area contributed by atoms with Gasteiger partial charge in [-0.3, -0.25) is 14.9 Å². The number of nitro benzene ring substituents is 1. The van der Waals surface area contributed by atoms with Gasteiger partial charge in [-0.2, -0.15) is 0 Å². The maximum absolute atomic E-state index is 12.2. The summed E-state index contributed by atoms with van der Waals surface area (Å²) in [7, 11) is 0. The topological polar surface area (TPSA) is 89.8 Å². The Balaban J connectivity index is 1.99. The van der Waals surface area contributed by atoms with Crippen molar-refractivity contribution in [1.82, 2.24) is 4.90 Å². The lowest BCUT2D eigenvalue weighted by Gasteiger charge is -2.34. The zero-order chi connectivity index (χ0) is 17.9. The molecule has 130 valence electrons. The summed E-state index contributed by atoms with van der Waals surface area (Å²) in [5.41, 5.74) is -0.393. The minimum atomic E-state index is -0.852. The molecule has 24 heavy (non-hydrogen) atoms. The Bertz CT molecular complexity index is 654. The number of benzene rings is 1. The van der Waals surface area contributed by atoms with Crippen molar-refractivity contribution >= 4 is 29.2 Å². The second kappa shape index (κ2) is 7.61. The molecule has 8 heteroatoms. The van der Waals surface area contributed by atoms with E-state index in [0.717, 1.165) is 12.5 Å². The molecular formula is C16H19ClN2O5. The Morgan fingerprint density at radius 3 is 2.54 bits per heavy atom. The molecule has 1 aromatic rings. The minimum absolute atomic E-state index is 0.0401. The molecule has 2 unspecified atom stereocenters. The summed E-state index contributed by atoms with van der Waals surface area (Å²) in [6.07, 6.45) is 1.06. The van der Waals surface area contributed by atoms with E-state index in [0.29, 0.717) is 24.9 Å². The predicted octanol–water partition coefficient (Wildman–Crippen LogP) is 2.91. The summed E-state index contributed by atoms with van der Waals surface area (Å²) >= 11 is 5.88. The zero-order valence-corrected chi connectivity index (χ0v) is 14.3. The van der Waals surface area contributed by atoms with E-state index in [4.69, 9.17) is 16.3 Å². The van der Waals surface area contributed by atoms with Crippen LogP contribution in [0.4, 0.5) is 5.69 Å². The third-order valence-corrected chi connectivity index (χ3v) is 4.26. The number of amides is 1. The summed E-state index contributed by atoms with van der Waals surface area (Å²) in [4.78, 5) is 36.1. The first kappa shape index (κ1) is 18.2. The normalized spacial score (nSPS) is 20.5. The number of carbonyl (C=O) groups is 2. The van der Waals surface area contributed by atoms with Crippen molar-refractivity contribution in [2.45, 2.75) is 20.3 Å². The first-order chi connectivity index (χ1) is 11.3. The Hall–Kier alpha value is -2.15. The number of nitrogens with zero attached hydrogens (tertiary/aromatic N) is 2. The Morgan fingerprint density at radius 1 is 1.33 bits per heavy atom. The van der Waals surface area contributed by atoms with Crippen LogP contribution in [-0.4, -0.2) is 41.4 Å². The van der Waals surface area contributed by atoms with E-state index in [1.165, 1.54) is 12.1 Å². The van der Waals surface area contributed by atoms with Crippen molar-refractivity contribution < 1.29 is 19.2 Å². The molecule has 0 bridgehead atoms. The molecule has 1 heterocycles. The number of nitro groups is 1. The van der Waals surface area contributed by atoms with Crippen LogP contribution in [0.3, 0.4) is 0 Å². The second-order valence-corrected chi connectivity index (χ2v) is 6.65. The van der Waals surface area contributed by atoms with Crippen LogP contribution in [0.15, 0.2) is 18.2 Å². The van der Waals surface area contributed by atoms with Gasteiger partial charge in [-0.15, -0.1) is 0 Å². The monoisotopic (exact) mass is 354 g/mol. The molecule has 0 saturated carbocycles. The van der Waals surface area contributed by atoms with E-state index in [-0.39, 0.29) is 22.2 Å². The van der Waals surface area contributed by atoms with Crippen LogP contribution < -0.4 is 0 Å². The van der Waals surface area contributed by atoms with E-state index in [9.17, 15) is 19.7 Å². The maximum atomic E-state index is 12.2. The molecule has 1 aromatic carbocycles. The van der Waals surface area contributed by atoms with Crippen molar-refractivity contribution in [1.29, 1.82) is 0 Å². The molecule has 1 amide bonds. The van der Waals surface area contributed by atoms with Gasteiger partial charge < -0.3 is 9.64 Å². The van der Waals surface area contributed by atoms with Crippen LogP contribution in [0.5, 0.6) is 0 Å². The average Bonchev–Trinajstić information content (AvgIpc) is 2.51. The van der Waals surface area contributed by atoms with Crippen molar-refractivity contribution in [3.63, 3.8) is 0 Å². The van der Waals surface area contributed by atoms with E-state index >= 15 is 0 Å². The first-order valence-corrected chi connectivity index (χ1v) is 8.04. The van der Waals surface area contributed by atoms with Gasteiger partial charge in [-0.05, 0) is 24.3 Å². The number of likely N-dealkylation sites (tertiary alicyclic amines) is 1. The van der Waals surface area contributed by atoms with Gasteiger partial charge in [-0.25, -0.2) is 4.79 Å². The van der Waals surface area contributed by atoms with Gasteiger partial charge in [0.05, 0.1) is 15.5 Å². The van der Waals surface area contributed by atoms with Gasteiger partial charge in [0.25, 0.3) is 11.6 Å². The van der Waals surface area contributed by atoms with Gasteiger partial charge in [-0.1, -0.05) is 25.4 Å². The second-order valence-electron chi connectivity index (χ2n) is 6.24. The number of hydrogen-bond acceptors (Lipinski definition) is 5. The molecule has 2 rings (SSSR count). The quantitative estimate of drug-likeness (QED) is 0.471. The van der Waals surface area contributed by atoms with Crippen molar-refractivity contribution in [2.24, 2.45) is 11.8 Å². The average molecular weight is 355 g/mol. The lowest BCUT2D eigenvalue weighted by molar-refractivity contribution is -0.384. The fourth-order valence-electron chi connectivity index (χ4n) is 2.95. The first-order valence-electron chi connectivity index (χ1n) is 7.66. The highest BCUT2D eigenvalue weighted by Crippen LogP contribution is 2.23. The summed E-state index contributed by atoms with van der Waals surface area (Å²) in [5.74, 6) is -0.322. The fraction of sp³-hybridized carbons (Fsp3) is 0.500. The van der Waals surface area contributed by atoms with Crippen LogP contribution in [0, 0.1) is 22.0 Å². The van der Waals surface area contributed by atoms with Crippen LogP contribution >= 0.6 is 11.6 Å². The summed E-state index contributed by atoms with van der Waals surface area (Å²) in [5, 5.41) is 10.8. The van der Waals surface area contributed by atoms with Crippen molar-refractivity contribution in [3.05, 3.63) is 38.9 Å². The van der Waals surface area contributed by atoms with Gasteiger partial charge >= 0.3 is 5.97 Å². The van der Waals surface area contributed by atoms with Gasteiger partial charge in [0.15, 0.2) is 6.61 Å². The van der Waals surface area contributed by atoms with Crippen LogP contribution in [0.1, 0.15) is 30.6 Å². The molecule has 0 aromatic heterocycles. The Labute approximate surface area is 144 Å². The highest BCUT2D eigenvalue weighted by Gasteiger charge is 2.26. The summed E-state index contributed by atoms with van der Waals surface area (Å²) in [6.45, 7) is 5.02. The van der Waals surface area contributed by atoms with Gasteiger partial charge in [0, 0.05) is 25.2 Å². The third kappa shape index (κ3) is 4.44. The summed E-state index contributed by atoms with van der Waals surface area (Å²) < 4.78 is 4.99. The number of esters is 1. The lowest BCUT2D eigenvalue weighted by atomic mass is 9.92. The smallest absolute Gasteiger partial charge is 0.340 e. The summed E-state index contributed by atoms with van der Waals surface area (Å²) in [6, 6.07) is 3.49. The van der Waals surface area contributed by atoms with E-state index in [2.05, 4.69) is 13.8 Å². The number of halogens is 1. The number of carbonyl (C=O) groups excluding carboxylic acids is 2. The molecular weight excluding hydrogens is 336 g/mol. The van der Waals surface area contributed by atoms with Gasteiger partial charge in [0.2, 0.25) is 0 Å². The van der Waals surface area contributed by atoms with Crippen molar-refractivity contribution in [2.75, 3.05) is 19.7 Å². The maximum Gasteiger partial charge on any atom is 0.340 e. The predicted molar refractivity (Wildman–Crippen MR) is 87.9 cm³/mol. The molecule has 1 aliphatic rings. The van der Waals surface area contributed by atoms with Crippen LogP contribution in [0.2, 0.25) is 5.02 Å². The molecule has 2 atom stereocenters. The number of piperidine rings is 1. The fourth-order valence-corrected chi connectivity index (χ4v) is 3.14. The Kier molecular flexibility index (Phi) is 5.77. The highest BCUT2D eigenvalue weighted by atomic mass is 35.5. The molecule has 0 N–H and O–H groups in total. The Morgan fingerprint density at radius 2 is 1.96 bits per heavy atom. The van der Waals surface area contributed by atoms with Crippen LogP contribution in [0.25, 0.3) is 0 Å². The largest absolute Gasteiger partial charge is 0.452 e. The van der Waals surface area contributed by atoms with Crippen LogP contribution in [-0.2, 0) is 9.53 Å². The van der Waals surface area contributed by atoms with Crippen molar-refractivity contribution in [3.8, 4) is 0 Å². The van der Waals surface area contributed by atoms with E-state index in [1.54, 1.807) is 4.90 Å². The molecule has 1 fully saturated rings. The number of non-ortho nitro benzene ring substituents is 1. The number of ether oxygens (including phenoxy) is 1. The van der Waals surface area contributed by atoms with E-state index < -0.39 is 17.5 Å². The molecule has 0 spiro atoms. The number of hydrogen-bond donors (Lipinski definition) is 0. The molecule has 0 radical (unpaired) electrons. The van der Waals surface area contributed by atoms with Gasteiger partial charge in [0.1, 0.15) is 0 Å². The molecule has 0 aliphatic carbocycles. The lowest BCUT2D eigenvalue weighted by Crippen LogP contribution is -2.44. The van der Waals surface area contributed by atoms with E-state index in [1.807, 2.05) is 0 Å². The highest BCUT2D eigenvalue weighted by molar-refractivity contribution is 6.33. The number of rotatable bonds is 4. The third-order valence-electron chi connectivity index (χ3n) is 3.93. The SMILES string of the molecule is CC1CC(C)CN(C(=O)COC(=O)c2cc([N+](=O)[O-])ccc2Cl)C1. The standard InChI is InChI=1S/C16H19ClN2O5/c1-10-5-11(2)8-18(7-10)15(20)9-24-16(21)13-6-12(19(22)23)3-4-14(13)17/h3-4,6,10-11H,5,7-9H2,1-2H3. The molecule has 1 aliphatic heterocycles. The zero-order valence-electron chi connectivity index (χ0n) is 13.5. The molecule has 7 nitrogen and oxygen atoms in total.